The van der Waals surface area contributed by atoms with Crippen molar-refractivity contribution in [2.24, 2.45) is 0 Å². The summed E-state index contributed by atoms with van der Waals surface area (Å²) in [5.74, 6) is -0.504. The van der Waals surface area contributed by atoms with Gasteiger partial charge in [-0.1, -0.05) is 24.8 Å². The molecule has 0 atom stereocenters. The molecule has 0 spiro atoms. The molecule has 5 heteroatoms. The van der Waals surface area contributed by atoms with Gasteiger partial charge in [0.15, 0.2) is 0 Å². The number of hydrogen-bond acceptors (Lipinski definition) is 3. The minimum absolute atomic E-state index is 0.118. The third kappa shape index (κ3) is 5.36. The number of carbonyl (C=O) groups excluding carboxylic acids is 2. The lowest BCUT2D eigenvalue weighted by Gasteiger charge is -2.07. The van der Waals surface area contributed by atoms with Crippen molar-refractivity contribution in [1.82, 2.24) is 5.32 Å². The first-order valence-electron chi connectivity index (χ1n) is 5.11. The van der Waals surface area contributed by atoms with Gasteiger partial charge in [0.2, 0.25) is 0 Å². The molecule has 2 amide bonds. The fourth-order valence-corrected chi connectivity index (χ4v) is 1.07. The number of nitrogens with one attached hydrogen (secondary N) is 2. The van der Waals surface area contributed by atoms with Crippen molar-refractivity contribution < 1.29 is 14.3 Å². The lowest BCUT2D eigenvalue weighted by Crippen LogP contribution is -2.31. The van der Waals surface area contributed by atoms with Crippen LogP contribution in [0.25, 0.3) is 0 Å². The largest absolute Gasteiger partial charge is 0.461 e. The van der Waals surface area contributed by atoms with E-state index in [0.29, 0.717) is 5.69 Å². The van der Waals surface area contributed by atoms with E-state index in [1.165, 1.54) is 0 Å². The average Bonchev–Trinajstić information content (AvgIpc) is 2.35. The second-order valence-electron chi connectivity index (χ2n) is 3.12. The molecule has 2 N–H and O–H groups in total. The first-order chi connectivity index (χ1) is 8.22. The predicted molar refractivity (Wildman–Crippen MR) is 64.6 cm³/mol. The Morgan fingerprint density at radius 3 is 2.65 bits per heavy atom. The van der Waals surface area contributed by atoms with Crippen molar-refractivity contribution in [3.63, 3.8) is 0 Å². The summed E-state index contributed by atoms with van der Waals surface area (Å²) in [6, 6.07) is 8.71. The van der Waals surface area contributed by atoms with Gasteiger partial charge in [-0.25, -0.2) is 9.59 Å². The van der Waals surface area contributed by atoms with E-state index in [1.54, 1.807) is 12.1 Å². The molecule has 0 saturated carbocycles. The zero-order valence-electron chi connectivity index (χ0n) is 9.31. The quantitative estimate of drug-likeness (QED) is 0.461. The van der Waals surface area contributed by atoms with Gasteiger partial charge in [0.25, 0.3) is 0 Å². The van der Waals surface area contributed by atoms with Crippen molar-refractivity contribution >= 4 is 17.7 Å². The van der Waals surface area contributed by atoms with Gasteiger partial charge in [0.1, 0.15) is 6.61 Å². The van der Waals surface area contributed by atoms with E-state index in [2.05, 4.69) is 17.2 Å². The number of ether oxygens (including phenoxy) is 1. The van der Waals surface area contributed by atoms with Crippen LogP contribution in [0.5, 0.6) is 0 Å². The fraction of sp³-hybridized carbons (Fsp3) is 0.167. The van der Waals surface area contributed by atoms with Gasteiger partial charge in [-0.15, -0.1) is 0 Å². The zero-order valence-corrected chi connectivity index (χ0v) is 9.31. The van der Waals surface area contributed by atoms with Crippen LogP contribution >= 0.6 is 0 Å². The van der Waals surface area contributed by atoms with E-state index in [4.69, 9.17) is 4.74 Å². The van der Waals surface area contributed by atoms with E-state index in [1.807, 2.05) is 18.2 Å². The summed E-state index contributed by atoms with van der Waals surface area (Å²) in [6.07, 6.45) is 1.07. The van der Waals surface area contributed by atoms with Crippen molar-refractivity contribution in [3.8, 4) is 0 Å². The van der Waals surface area contributed by atoms with Gasteiger partial charge in [-0.2, -0.15) is 0 Å². The summed E-state index contributed by atoms with van der Waals surface area (Å²) in [6.45, 7) is 3.62. The summed E-state index contributed by atoms with van der Waals surface area (Å²) in [5.41, 5.74) is 0.702. The Hall–Kier alpha value is -2.30. The molecule has 0 fully saturated rings. The number of benzene rings is 1. The number of rotatable bonds is 5. The first kappa shape index (κ1) is 12.8. The number of para-hydroxylation sites is 1. The van der Waals surface area contributed by atoms with Gasteiger partial charge >= 0.3 is 12.0 Å². The number of hydrogen-bond donors (Lipinski definition) is 2. The highest BCUT2D eigenvalue weighted by molar-refractivity contribution is 5.89. The van der Waals surface area contributed by atoms with Gasteiger partial charge < -0.3 is 15.4 Å². The van der Waals surface area contributed by atoms with E-state index in [0.717, 1.165) is 6.08 Å². The third-order valence-corrected chi connectivity index (χ3v) is 1.83. The molecule has 0 aliphatic carbocycles. The standard InChI is InChI=1S/C12H14N2O3/c1-2-11(15)17-9-8-13-12(16)14-10-6-4-3-5-7-10/h2-7H,1,8-9H2,(H2,13,14,16). The zero-order chi connectivity index (χ0) is 12.5. The highest BCUT2D eigenvalue weighted by Gasteiger charge is 2.00. The maximum atomic E-state index is 11.3. The summed E-state index contributed by atoms with van der Waals surface area (Å²) in [7, 11) is 0. The second kappa shape index (κ2) is 7.05. The third-order valence-electron chi connectivity index (χ3n) is 1.83. The molecular formula is C12H14N2O3. The predicted octanol–water partition coefficient (Wildman–Crippen LogP) is 1.54. The maximum Gasteiger partial charge on any atom is 0.330 e. The van der Waals surface area contributed by atoms with Crippen LogP contribution < -0.4 is 10.6 Å². The van der Waals surface area contributed by atoms with Crippen molar-refractivity contribution in [2.75, 3.05) is 18.5 Å². The normalized spacial score (nSPS) is 9.18. The van der Waals surface area contributed by atoms with Gasteiger partial charge in [0.05, 0.1) is 6.54 Å². The number of carbonyl (C=O) groups is 2. The minimum Gasteiger partial charge on any atom is -0.461 e. The summed E-state index contributed by atoms with van der Waals surface area (Å²) in [5, 5.41) is 5.18. The molecule has 0 unspecified atom stereocenters. The topological polar surface area (TPSA) is 67.4 Å². The average molecular weight is 234 g/mol. The lowest BCUT2D eigenvalue weighted by molar-refractivity contribution is -0.137. The molecule has 0 saturated heterocycles. The minimum atomic E-state index is -0.504. The highest BCUT2D eigenvalue weighted by Crippen LogP contribution is 2.03. The SMILES string of the molecule is C=CC(=O)OCCNC(=O)Nc1ccccc1. The summed E-state index contributed by atoms with van der Waals surface area (Å²) < 4.78 is 4.69. The Labute approximate surface area is 99.5 Å². The number of amides is 2. The maximum absolute atomic E-state index is 11.3. The molecular weight excluding hydrogens is 220 g/mol. The molecule has 0 bridgehead atoms. The smallest absolute Gasteiger partial charge is 0.330 e. The first-order valence-corrected chi connectivity index (χ1v) is 5.11. The van der Waals surface area contributed by atoms with Crippen molar-refractivity contribution in [2.45, 2.75) is 0 Å². The Morgan fingerprint density at radius 2 is 2.00 bits per heavy atom. The molecule has 0 radical (unpaired) electrons. The lowest BCUT2D eigenvalue weighted by atomic mass is 10.3. The van der Waals surface area contributed by atoms with Gasteiger partial charge in [0, 0.05) is 11.8 Å². The molecule has 1 rings (SSSR count). The van der Waals surface area contributed by atoms with Crippen LogP contribution in [-0.4, -0.2) is 25.2 Å². The molecule has 90 valence electrons. The molecule has 0 aromatic heterocycles. The molecule has 0 aliphatic heterocycles. The van der Waals surface area contributed by atoms with Crippen LogP contribution in [-0.2, 0) is 9.53 Å². The number of esters is 1. The second-order valence-corrected chi connectivity index (χ2v) is 3.12. The Bertz CT molecular complexity index is 390. The van der Waals surface area contributed by atoms with Crippen LogP contribution in [0.4, 0.5) is 10.5 Å². The van der Waals surface area contributed by atoms with E-state index >= 15 is 0 Å². The molecule has 17 heavy (non-hydrogen) atoms. The Balaban J connectivity index is 2.18. The fourth-order valence-electron chi connectivity index (χ4n) is 1.07. The number of urea groups is 1. The Morgan fingerprint density at radius 1 is 1.29 bits per heavy atom. The van der Waals surface area contributed by atoms with Crippen LogP contribution in [0.1, 0.15) is 0 Å². The van der Waals surface area contributed by atoms with E-state index in [-0.39, 0.29) is 19.2 Å². The van der Waals surface area contributed by atoms with Crippen LogP contribution in [0.3, 0.4) is 0 Å². The Kier molecular flexibility index (Phi) is 5.30. The van der Waals surface area contributed by atoms with Crippen molar-refractivity contribution in [3.05, 3.63) is 43.0 Å². The van der Waals surface area contributed by atoms with Crippen molar-refractivity contribution in [1.29, 1.82) is 0 Å². The molecule has 1 aromatic carbocycles. The van der Waals surface area contributed by atoms with Crippen LogP contribution in [0, 0.1) is 0 Å². The van der Waals surface area contributed by atoms with Crippen LogP contribution in [0.2, 0.25) is 0 Å². The van der Waals surface area contributed by atoms with E-state index in [9.17, 15) is 9.59 Å². The molecule has 0 aliphatic rings. The molecule has 1 aromatic rings. The summed E-state index contributed by atoms with van der Waals surface area (Å²) >= 11 is 0. The monoisotopic (exact) mass is 234 g/mol. The van der Waals surface area contributed by atoms with Crippen LogP contribution in [0.15, 0.2) is 43.0 Å². The van der Waals surface area contributed by atoms with Gasteiger partial charge in [-0.05, 0) is 12.1 Å². The number of anilines is 1. The molecule has 5 nitrogen and oxygen atoms in total. The van der Waals surface area contributed by atoms with E-state index < -0.39 is 5.97 Å². The highest BCUT2D eigenvalue weighted by atomic mass is 16.5. The molecule has 0 heterocycles. The summed E-state index contributed by atoms with van der Waals surface area (Å²) in [4.78, 5) is 22.0. The van der Waals surface area contributed by atoms with Gasteiger partial charge in [-0.3, -0.25) is 0 Å².